The third-order valence-electron chi connectivity index (χ3n) is 10.7. The molecule has 1 N–H and O–H groups in total. The minimum atomic E-state index is -0.535. The van der Waals surface area contributed by atoms with Crippen LogP contribution in [0.2, 0.25) is 0 Å². The van der Waals surface area contributed by atoms with Gasteiger partial charge in [0, 0.05) is 93.3 Å². The summed E-state index contributed by atoms with van der Waals surface area (Å²) in [6.45, 7) is 10.1. The Kier molecular flexibility index (Phi) is 12.5. The van der Waals surface area contributed by atoms with E-state index in [1.165, 1.54) is 0 Å². The second kappa shape index (κ2) is 17.4. The van der Waals surface area contributed by atoms with Crippen molar-refractivity contribution in [3.8, 4) is 22.8 Å². The van der Waals surface area contributed by atoms with Gasteiger partial charge < -0.3 is 21.7 Å². The van der Waals surface area contributed by atoms with Crippen molar-refractivity contribution < 1.29 is 77.6 Å². The Bertz CT molecular complexity index is 2200. The van der Waals surface area contributed by atoms with E-state index in [-0.39, 0.29) is 105 Å². The zero-order chi connectivity index (χ0) is 37.2. The van der Waals surface area contributed by atoms with Gasteiger partial charge in [0.05, 0.1) is 47.8 Å². The summed E-state index contributed by atoms with van der Waals surface area (Å²) in [5, 5.41) is 3.46. The van der Waals surface area contributed by atoms with Crippen LogP contribution in [0.15, 0.2) is 85.1 Å². The fraction of sp³-hybridized carbons (Fsp3) is 0.349. The number of nitrogens with one attached hydrogen (secondary N) is 1. The van der Waals surface area contributed by atoms with E-state index >= 15 is 0 Å². The second-order valence-electron chi connectivity index (χ2n) is 14.2. The molecule has 1 radical (unpaired) electrons. The molecule has 3 aliphatic rings. The van der Waals surface area contributed by atoms with E-state index in [1.807, 2.05) is 24.4 Å². The number of fused-ring (bicyclic) bond motifs is 9. The monoisotopic (exact) mass is 877 g/mol. The Morgan fingerprint density at radius 3 is 2.27 bits per heavy atom. The maximum Gasteiger partial charge on any atom is 0.340 e. The van der Waals surface area contributed by atoms with E-state index in [1.54, 1.807) is 19.9 Å². The molecule has 1 saturated carbocycles. The van der Waals surface area contributed by atoms with Gasteiger partial charge >= 0.3 is 11.9 Å². The first-order chi connectivity index (χ1) is 26.4. The summed E-state index contributed by atoms with van der Waals surface area (Å²) in [6, 6.07) is 26.9. The van der Waals surface area contributed by atoms with Crippen LogP contribution in [0.1, 0.15) is 95.1 Å². The topological polar surface area (TPSA) is 114 Å². The van der Waals surface area contributed by atoms with Gasteiger partial charge in [0.1, 0.15) is 24.0 Å². The Labute approximate surface area is 363 Å². The van der Waals surface area contributed by atoms with Crippen molar-refractivity contribution in [2.24, 2.45) is 5.92 Å². The molecule has 12 heteroatoms. The molecule has 3 unspecified atom stereocenters. The fourth-order valence-electron chi connectivity index (χ4n) is 8.36. The Hall–Kier alpha value is -3.97. The molecule has 0 aromatic carbocycles. The Morgan fingerprint density at radius 2 is 1.51 bits per heavy atom. The summed E-state index contributed by atoms with van der Waals surface area (Å²) in [7, 11) is 0. The van der Waals surface area contributed by atoms with Gasteiger partial charge in [-0.3, -0.25) is 4.98 Å². The predicted octanol–water partition coefficient (Wildman–Crippen LogP) is 6.06. The number of esters is 2. The van der Waals surface area contributed by atoms with Gasteiger partial charge in [-0.05, 0) is 68.8 Å². The van der Waals surface area contributed by atoms with Crippen LogP contribution in [0.25, 0.3) is 22.8 Å². The zero-order valence-electron chi connectivity index (χ0n) is 31.3. The van der Waals surface area contributed by atoms with E-state index in [2.05, 4.69) is 80.9 Å². The minimum Gasteiger partial charge on any atom is -0.462 e. The number of hydrogen-bond donors (Lipinski definition) is 1. The van der Waals surface area contributed by atoms with E-state index in [9.17, 15) is 9.59 Å². The van der Waals surface area contributed by atoms with E-state index in [0.717, 1.165) is 65.7 Å². The van der Waals surface area contributed by atoms with Gasteiger partial charge in [-0.1, -0.05) is 18.6 Å². The van der Waals surface area contributed by atoms with Gasteiger partial charge in [-0.15, -0.1) is 0 Å². The number of rotatable bonds is 5. The summed E-state index contributed by atoms with van der Waals surface area (Å²) in [5.74, 6) is 0.163. The molecular weight excluding hydrogens is 830 g/mol. The molecule has 7 heterocycles. The number of carbonyl (C=O) groups excluding carboxylic acids is 2. The first kappa shape index (κ1) is 39.3. The number of aromatic nitrogens is 5. The number of pyridine rings is 5. The molecular formula is C43H46EuN7O4+. The smallest absolute Gasteiger partial charge is 0.340 e. The average Bonchev–Trinajstić information content (AvgIpc) is 3.35. The largest absolute Gasteiger partial charge is 0.462 e. The summed E-state index contributed by atoms with van der Waals surface area (Å²) in [4.78, 5) is 44.6. The summed E-state index contributed by atoms with van der Waals surface area (Å²) < 4.78 is 16.0. The third kappa shape index (κ3) is 8.15. The molecule has 283 valence electrons. The summed E-state index contributed by atoms with van der Waals surface area (Å²) in [6.07, 6.45) is 5.62. The first-order valence-electron chi connectivity index (χ1n) is 19.0. The second-order valence-corrected chi connectivity index (χ2v) is 14.2. The van der Waals surface area contributed by atoms with Crippen molar-refractivity contribution in [3.63, 3.8) is 0 Å². The van der Waals surface area contributed by atoms with Crippen LogP contribution >= 0.6 is 0 Å². The Balaban J connectivity index is 0.00000465. The molecule has 0 amide bonds. The molecule has 8 rings (SSSR count). The van der Waals surface area contributed by atoms with Crippen LogP contribution < -0.4 is 19.4 Å². The average molecular weight is 877 g/mol. The normalized spacial score (nSPS) is 18.8. The molecule has 55 heavy (non-hydrogen) atoms. The van der Waals surface area contributed by atoms with Gasteiger partial charge in [0.15, 0.2) is 18.3 Å². The van der Waals surface area contributed by atoms with Crippen LogP contribution in [0.3, 0.4) is 0 Å². The molecule has 11 nitrogen and oxygen atoms in total. The molecule has 0 saturated heterocycles. The number of ether oxygens (including phenoxy) is 2. The number of anilines is 1. The number of hydrogen-bond acceptors (Lipinski definition) is 9. The van der Waals surface area contributed by atoms with Crippen molar-refractivity contribution in [2.45, 2.75) is 77.8 Å². The molecule has 3 atom stereocenters. The number of nitrogens with zero attached hydrogens (tertiary/aromatic N) is 6. The third-order valence-corrected chi connectivity index (χ3v) is 10.7. The fourth-order valence-corrected chi connectivity index (χ4v) is 8.36. The summed E-state index contributed by atoms with van der Waals surface area (Å²) >= 11 is 0. The van der Waals surface area contributed by atoms with E-state index in [0.29, 0.717) is 24.5 Å². The predicted molar refractivity (Wildman–Crippen MR) is 202 cm³/mol. The minimum absolute atomic E-state index is 0. The van der Waals surface area contributed by atoms with E-state index in [4.69, 9.17) is 24.4 Å². The molecule has 5 aromatic rings. The molecule has 0 spiro atoms. The molecule has 2 aliphatic heterocycles. The molecule has 1 aliphatic carbocycles. The van der Waals surface area contributed by atoms with Crippen LogP contribution in [-0.2, 0) is 35.7 Å². The maximum absolute atomic E-state index is 13.8. The standard InChI is InChI=1S/C43H46N7O4.Eu/c1-4-53-42(51)33-23-34(43(52)54-5-2)38-27-48-26-31-12-9-15-39(35-13-6-7-20-45-35)49(31)30-19-18-28(3)21-32(22-30)50-40(16-10-17-41(48)50)36-14-8-11-29(46-36)24-44-25-37(33)47-38;/h6-17,20,23,28,30,32,44H,3-5,18-19,21-22,24-27H2,1-2H3;/q+1;. The quantitative estimate of drug-likeness (QED) is 0.128. The van der Waals surface area contributed by atoms with Crippen molar-refractivity contribution in [1.29, 1.82) is 0 Å². The van der Waals surface area contributed by atoms with Crippen molar-refractivity contribution in [3.05, 3.63) is 126 Å². The van der Waals surface area contributed by atoms with Crippen LogP contribution in [0, 0.1) is 62.2 Å². The SMILES string of the molecule is [CH2-]C1CCC2CC(C1)[n+]1c3cccc1N(Cc1nc(c(C(=O)OCC)cc1C(=O)OCC)CNCc1cccc-3n1)Cc1cccc(-c3ccccn3)[n+]12.[Eu]. The van der Waals surface area contributed by atoms with Crippen LogP contribution in [0.5, 0.6) is 0 Å². The van der Waals surface area contributed by atoms with E-state index < -0.39 is 11.9 Å². The number of carbonyl (C=O) groups is 2. The molecule has 1 fully saturated rings. The van der Waals surface area contributed by atoms with Gasteiger partial charge in [0.2, 0.25) is 11.4 Å². The van der Waals surface area contributed by atoms with Crippen LogP contribution in [-0.4, -0.2) is 40.1 Å². The van der Waals surface area contributed by atoms with Crippen LogP contribution in [0.4, 0.5) is 5.82 Å². The van der Waals surface area contributed by atoms with Gasteiger partial charge in [-0.25, -0.2) is 29.0 Å². The maximum atomic E-state index is 13.8. The van der Waals surface area contributed by atoms with Crippen molar-refractivity contribution in [2.75, 3.05) is 18.1 Å². The zero-order valence-corrected chi connectivity index (χ0v) is 33.7. The molecule has 10 bridgehead atoms. The van der Waals surface area contributed by atoms with Gasteiger partial charge in [-0.2, -0.15) is 10.5 Å². The molecule has 5 aromatic heterocycles. The van der Waals surface area contributed by atoms with Crippen molar-refractivity contribution in [1.82, 2.24) is 20.3 Å². The van der Waals surface area contributed by atoms with Gasteiger partial charge in [0.25, 0.3) is 5.82 Å². The Morgan fingerprint density at radius 1 is 0.782 bits per heavy atom. The first-order valence-corrected chi connectivity index (χ1v) is 19.0. The summed E-state index contributed by atoms with van der Waals surface area (Å²) in [5.41, 5.74) is 7.35. The van der Waals surface area contributed by atoms with Crippen molar-refractivity contribution >= 4 is 17.8 Å².